The van der Waals surface area contributed by atoms with E-state index in [9.17, 15) is 5.26 Å². The van der Waals surface area contributed by atoms with Crippen LogP contribution in [0.4, 0.5) is 5.69 Å². The average Bonchev–Trinajstić information content (AvgIpc) is 3.42. The zero-order chi connectivity index (χ0) is 18.6. The molecule has 0 spiro atoms. The van der Waals surface area contributed by atoms with Crippen molar-refractivity contribution in [2.75, 3.05) is 11.4 Å². The second kappa shape index (κ2) is 7.27. The Morgan fingerprint density at radius 2 is 1.93 bits per heavy atom. The summed E-state index contributed by atoms with van der Waals surface area (Å²) in [6.07, 6.45) is 4.07. The van der Waals surface area contributed by atoms with Gasteiger partial charge in [0.2, 0.25) is 5.89 Å². The third-order valence-corrected chi connectivity index (χ3v) is 4.46. The predicted molar refractivity (Wildman–Crippen MR) is 97.2 cm³/mol. The number of nitrogens with zero attached hydrogens (tertiary/aromatic N) is 6. The molecule has 2 aromatic heterocycles. The molecule has 4 rings (SSSR count). The number of hydrogen-bond acceptors (Lipinski definition) is 7. The summed E-state index contributed by atoms with van der Waals surface area (Å²) in [5.74, 6) is 1.50. The molecule has 0 radical (unpaired) electrons. The Labute approximate surface area is 156 Å². The van der Waals surface area contributed by atoms with Crippen molar-refractivity contribution < 1.29 is 4.42 Å². The molecule has 132 valence electrons. The fourth-order valence-corrected chi connectivity index (χ4v) is 2.87. The molecule has 27 heavy (non-hydrogen) atoms. The molecule has 0 atom stereocenters. The summed E-state index contributed by atoms with van der Waals surface area (Å²) in [7, 11) is 0. The first kappa shape index (κ1) is 16.7. The standard InChI is InChI=1S/C20H16N6O/c21-10-15-6-7-17(9-16(15)11-22)26(12-14-4-5-14)13-19-24-25-20(27-19)18-3-1-2-8-23-18/h1-3,6-9,14H,4-5,12-13H2. The SMILES string of the molecule is N#Cc1ccc(N(Cc2nnc(-c3ccccn3)o2)CC2CC2)cc1C#N. The quantitative estimate of drug-likeness (QED) is 0.667. The minimum atomic E-state index is 0.371. The Kier molecular flexibility index (Phi) is 4.51. The molecular formula is C20H16N6O. The van der Waals surface area contributed by atoms with Crippen LogP contribution in [0.25, 0.3) is 11.6 Å². The molecule has 0 bridgehead atoms. The Balaban J connectivity index is 1.59. The summed E-state index contributed by atoms with van der Waals surface area (Å²) in [4.78, 5) is 6.34. The van der Waals surface area contributed by atoms with Crippen LogP contribution in [0.3, 0.4) is 0 Å². The van der Waals surface area contributed by atoms with Crippen LogP contribution in [0.1, 0.15) is 29.9 Å². The maximum Gasteiger partial charge on any atom is 0.266 e. The zero-order valence-corrected chi connectivity index (χ0v) is 14.5. The van der Waals surface area contributed by atoms with E-state index in [1.165, 1.54) is 12.8 Å². The topological polar surface area (TPSA) is 103 Å². The molecular weight excluding hydrogens is 340 g/mol. The summed E-state index contributed by atoms with van der Waals surface area (Å²) in [6, 6.07) is 14.9. The van der Waals surface area contributed by atoms with Gasteiger partial charge in [-0.15, -0.1) is 10.2 Å². The van der Waals surface area contributed by atoms with E-state index in [0.29, 0.717) is 41.1 Å². The zero-order valence-electron chi connectivity index (χ0n) is 14.5. The van der Waals surface area contributed by atoms with Gasteiger partial charge in [-0.2, -0.15) is 10.5 Å². The number of nitriles is 2. The van der Waals surface area contributed by atoms with Crippen molar-refractivity contribution in [3.05, 3.63) is 59.6 Å². The van der Waals surface area contributed by atoms with E-state index in [1.807, 2.05) is 30.3 Å². The Hall–Kier alpha value is -3.71. The van der Waals surface area contributed by atoms with Gasteiger partial charge < -0.3 is 9.32 Å². The predicted octanol–water partition coefficient (Wildman–Crippen LogP) is 3.29. The molecule has 7 heteroatoms. The van der Waals surface area contributed by atoms with E-state index in [2.05, 4.69) is 26.2 Å². The maximum atomic E-state index is 9.30. The van der Waals surface area contributed by atoms with E-state index in [0.717, 1.165) is 12.2 Å². The van der Waals surface area contributed by atoms with Gasteiger partial charge in [0.15, 0.2) is 0 Å². The highest BCUT2D eigenvalue weighted by molar-refractivity contribution is 5.57. The van der Waals surface area contributed by atoms with Crippen molar-refractivity contribution in [3.63, 3.8) is 0 Å². The van der Waals surface area contributed by atoms with Crippen LogP contribution < -0.4 is 4.90 Å². The number of aromatic nitrogens is 3. The number of benzene rings is 1. The van der Waals surface area contributed by atoms with Crippen molar-refractivity contribution in [2.45, 2.75) is 19.4 Å². The van der Waals surface area contributed by atoms with E-state index in [-0.39, 0.29) is 0 Å². The van der Waals surface area contributed by atoms with Gasteiger partial charge in [-0.1, -0.05) is 6.07 Å². The number of rotatable bonds is 6. The van der Waals surface area contributed by atoms with Gasteiger partial charge in [-0.25, -0.2) is 0 Å². The minimum Gasteiger partial charge on any atom is -0.417 e. The monoisotopic (exact) mass is 356 g/mol. The third kappa shape index (κ3) is 3.78. The van der Waals surface area contributed by atoms with Crippen LogP contribution in [-0.4, -0.2) is 21.7 Å². The maximum absolute atomic E-state index is 9.30. The highest BCUT2D eigenvalue weighted by atomic mass is 16.4. The van der Waals surface area contributed by atoms with Gasteiger partial charge in [0.25, 0.3) is 5.89 Å². The van der Waals surface area contributed by atoms with E-state index in [1.54, 1.807) is 18.3 Å². The van der Waals surface area contributed by atoms with Crippen molar-refractivity contribution in [3.8, 4) is 23.7 Å². The number of pyridine rings is 1. The normalized spacial score (nSPS) is 13.0. The second-order valence-corrected chi connectivity index (χ2v) is 6.49. The summed E-state index contributed by atoms with van der Waals surface area (Å²) in [5.41, 5.74) is 2.25. The molecule has 0 saturated heterocycles. The second-order valence-electron chi connectivity index (χ2n) is 6.49. The van der Waals surface area contributed by atoms with Crippen LogP contribution in [0.5, 0.6) is 0 Å². The molecule has 7 nitrogen and oxygen atoms in total. The van der Waals surface area contributed by atoms with Crippen molar-refractivity contribution in [2.24, 2.45) is 5.92 Å². The van der Waals surface area contributed by atoms with Crippen molar-refractivity contribution in [1.82, 2.24) is 15.2 Å². The Bertz CT molecular complexity index is 1030. The fourth-order valence-electron chi connectivity index (χ4n) is 2.87. The van der Waals surface area contributed by atoms with Gasteiger partial charge in [-0.3, -0.25) is 4.98 Å². The molecule has 1 aliphatic carbocycles. The highest BCUT2D eigenvalue weighted by Crippen LogP contribution is 2.32. The third-order valence-electron chi connectivity index (χ3n) is 4.46. The average molecular weight is 356 g/mol. The van der Waals surface area contributed by atoms with Crippen LogP contribution in [0.15, 0.2) is 47.0 Å². The molecule has 1 saturated carbocycles. The van der Waals surface area contributed by atoms with E-state index < -0.39 is 0 Å². The number of anilines is 1. The number of hydrogen-bond donors (Lipinski definition) is 0. The first-order valence-corrected chi connectivity index (χ1v) is 8.70. The van der Waals surface area contributed by atoms with Gasteiger partial charge >= 0.3 is 0 Å². The van der Waals surface area contributed by atoms with Crippen LogP contribution in [0.2, 0.25) is 0 Å². The molecule has 1 aliphatic rings. The summed E-state index contributed by atoms with van der Waals surface area (Å²) < 4.78 is 5.78. The molecule has 0 amide bonds. The van der Waals surface area contributed by atoms with Gasteiger partial charge in [0.1, 0.15) is 17.8 Å². The van der Waals surface area contributed by atoms with E-state index in [4.69, 9.17) is 9.68 Å². The summed E-state index contributed by atoms with van der Waals surface area (Å²) in [6.45, 7) is 1.28. The van der Waals surface area contributed by atoms with E-state index >= 15 is 0 Å². The first-order chi connectivity index (χ1) is 13.3. The molecule has 0 N–H and O–H groups in total. The van der Waals surface area contributed by atoms with Crippen LogP contribution >= 0.6 is 0 Å². The van der Waals surface area contributed by atoms with Crippen molar-refractivity contribution >= 4 is 5.69 Å². The summed E-state index contributed by atoms with van der Waals surface area (Å²) in [5, 5.41) is 26.7. The van der Waals surface area contributed by atoms with Gasteiger partial charge in [-0.05, 0) is 49.1 Å². The van der Waals surface area contributed by atoms with Crippen molar-refractivity contribution in [1.29, 1.82) is 10.5 Å². The van der Waals surface area contributed by atoms with Gasteiger partial charge in [0, 0.05) is 18.4 Å². The lowest BCUT2D eigenvalue weighted by Gasteiger charge is -2.23. The molecule has 0 unspecified atom stereocenters. The van der Waals surface area contributed by atoms with Crippen LogP contribution in [-0.2, 0) is 6.54 Å². The molecule has 2 heterocycles. The lowest BCUT2D eigenvalue weighted by Crippen LogP contribution is -2.25. The smallest absolute Gasteiger partial charge is 0.266 e. The largest absolute Gasteiger partial charge is 0.417 e. The fraction of sp³-hybridized carbons (Fsp3) is 0.250. The molecule has 1 fully saturated rings. The lowest BCUT2D eigenvalue weighted by molar-refractivity contribution is 0.493. The van der Waals surface area contributed by atoms with Gasteiger partial charge in [0.05, 0.1) is 17.7 Å². The molecule has 1 aromatic carbocycles. The molecule has 0 aliphatic heterocycles. The first-order valence-electron chi connectivity index (χ1n) is 8.70. The summed E-state index contributed by atoms with van der Waals surface area (Å²) >= 11 is 0. The Morgan fingerprint density at radius 3 is 2.63 bits per heavy atom. The highest BCUT2D eigenvalue weighted by Gasteiger charge is 2.26. The van der Waals surface area contributed by atoms with Crippen LogP contribution in [0, 0.1) is 28.6 Å². The lowest BCUT2D eigenvalue weighted by atomic mass is 10.1. The Morgan fingerprint density at radius 1 is 1.07 bits per heavy atom. The minimum absolute atomic E-state index is 0.371. The molecule has 3 aromatic rings.